The molecule has 0 aliphatic heterocycles. The maximum Gasteiger partial charge on any atom is 0.241 e. The molecule has 6 heteroatoms. The first kappa shape index (κ1) is 8.66. The average Bonchev–Trinajstić information content (AvgIpc) is 1.81. The molecule has 64 valence electrons. The van der Waals surface area contributed by atoms with E-state index >= 15 is 0 Å². The lowest BCUT2D eigenvalue weighted by Gasteiger charge is -1.97. The maximum atomic E-state index is 10.8. The van der Waals surface area contributed by atoms with Gasteiger partial charge >= 0.3 is 0 Å². The van der Waals surface area contributed by atoms with Crippen molar-refractivity contribution >= 4 is 22.4 Å². The molecule has 0 bridgehead atoms. The molecule has 0 radical (unpaired) electrons. The van der Waals surface area contributed by atoms with E-state index in [4.69, 9.17) is 5.11 Å². The lowest BCUT2D eigenvalue weighted by molar-refractivity contribution is -0.114. The van der Waals surface area contributed by atoms with E-state index in [9.17, 15) is 9.59 Å². The Morgan fingerprint density at radius 1 is 1.75 bits per heavy atom. The summed E-state index contributed by atoms with van der Waals surface area (Å²) in [7, 11) is 0. The lowest BCUT2D eigenvalue weighted by Crippen LogP contribution is -2.08. The van der Waals surface area contributed by atoms with E-state index in [0.29, 0.717) is 0 Å². The molecule has 0 spiro atoms. The van der Waals surface area contributed by atoms with E-state index < -0.39 is 0 Å². The minimum absolute atomic E-state index is 0.104. The van der Waals surface area contributed by atoms with Crippen LogP contribution in [0, 0.1) is 0 Å². The van der Waals surface area contributed by atoms with Crippen molar-refractivity contribution in [3.8, 4) is 5.88 Å². The van der Waals surface area contributed by atoms with Crippen LogP contribution in [0.2, 0.25) is 0 Å². The summed E-state index contributed by atoms with van der Waals surface area (Å²) in [6.45, 7) is 1.29. The summed E-state index contributed by atoms with van der Waals surface area (Å²) in [5.41, 5.74) is 0. The van der Waals surface area contributed by atoms with Crippen LogP contribution < -0.4 is 10.1 Å². The van der Waals surface area contributed by atoms with Crippen molar-refractivity contribution < 1.29 is 9.90 Å². The van der Waals surface area contributed by atoms with Crippen LogP contribution in [-0.2, 0) is 4.79 Å². The van der Waals surface area contributed by atoms with Gasteiger partial charge < -0.3 is 10.4 Å². The molecule has 0 fully saturated rings. The molecule has 1 heterocycles. The van der Waals surface area contributed by atoms with E-state index in [1.54, 1.807) is 0 Å². The van der Waals surface area contributed by atoms with Crippen LogP contribution in [0.1, 0.15) is 6.92 Å². The molecule has 0 aromatic carbocycles. The van der Waals surface area contributed by atoms with Crippen LogP contribution in [0.15, 0.2) is 10.9 Å². The van der Waals surface area contributed by atoms with Crippen LogP contribution in [0.5, 0.6) is 5.88 Å². The summed E-state index contributed by atoms with van der Waals surface area (Å²) in [5, 5.41) is 11.3. The molecular formula is C6H6N2O3S. The molecule has 1 aromatic rings. The number of hydrogen-bond donors (Lipinski definition) is 2. The molecule has 0 saturated carbocycles. The molecule has 0 saturated heterocycles. The van der Waals surface area contributed by atoms with E-state index in [-0.39, 0.29) is 21.7 Å². The minimum Gasteiger partial charge on any atom is -0.493 e. The summed E-state index contributed by atoms with van der Waals surface area (Å²) in [4.78, 5) is 24.8. The first-order valence-corrected chi connectivity index (χ1v) is 3.88. The molecule has 0 aliphatic carbocycles. The molecule has 12 heavy (non-hydrogen) atoms. The van der Waals surface area contributed by atoms with Gasteiger partial charge in [0.2, 0.25) is 16.5 Å². The zero-order chi connectivity index (χ0) is 9.14. The molecule has 5 nitrogen and oxygen atoms in total. The van der Waals surface area contributed by atoms with Crippen molar-refractivity contribution in [1.82, 2.24) is 4.98 Å². The Bertz CT molecular complexity index is 360. The van der Waals surface area contributed by atoms with Gasteiger partial charge in [-0.25, -0.2) is 0 Å². The van der Waals surface area contributed by atoms with E-state index in [1.807, 2.05) is 0 Å². The van der Waals surface area contributed by atoms with Gasteiger partial charge in [-0.3, -0.25) is 9.59 Å². The highest BCUT2D eigenvalue weighted by molar-refractivity contribution is 7.13. The smallest absolute Gasteiger partial charge is 0.241 e. The van der Waals surface area contributed by atoms with Gasteiger partial charge in [-0.2, -0.15) is 4.98 Å². The zero-order valence-electron chi connectivity index (χ0n) is 6.20. The van der Waals surface area contributed by atoms with Crippen LogP contribution in [0.3, 0.4) is 0 Å². The van der Waals surface area contributed by atoms with Gasteiger partial charge in [-0.05, 0) is 0 Å². The number of aromatic nitrogens is 1. The van der Waals surface area contributed by atoms with Crippen molar-refractivity contribution in [3.05, 3.63) is 15.6 Å². The van der Waals surface area contributed by atoms with Crippen molar-refractivity contribution in [1.29, 1.82) is 0 Å². The second-order valence-electron chi connectivity index (χ2n) is 2.02. The maximum absolute atomic E-state index is 10.8. The Balaban J connectivity index is 3.01. The Morgan fingerprint density at radius 3 is 2.92 bits per heavy atom. The van der Waals surface area contributed by atoms with Crippen molar-refractivity contribution in [2.24, 2.45) is 0 Å². The van der Waals surface area contributed by atoms with Crippen molar-refractivity contribution in [2.75, 3.05) is 5.32 Å². The Kier molecular flexibility index (Phi) is 2.39. The standard InChI is InChI=1S/C6H6N2O3S/c1-3(9)7-6-8-4(10)2-5(11)12-6/h2,10H,1H3,(H,7,8,9). The van der Waals surface area contributed by atoms with Gasteiger partial charge in [-0.1, -0.05) is 11.3 Å². The Hall–Kier alpha value is -1.43. The number of rotatable bonds is 1. The third-order valence-electron chi connectivity index (χ3n) is 0.943. The van der Waals surface area contributed by atoms with E-state index in [1.165, 1.54) is 6.92 Å². The molecule has 2 N–H and O–H groups in total. The van der Waals surface area contributed by atoms with Gasteiger partial charge in [0.05, 0.1) is 6.07 Å². The highest BCUT2D eigenvalue weighted by atomic mass is 32.1. The van der Waals surface area contributed by atoms with Crippen LogP contribution >= 0.6 is 11.3 Å². The largest absolute Gasteiger partial charge is 0.493 e. The Morgan fingerprint density at radius 2 is 2.42 bits per heavy atom. The number of hydrogen-bond acceptors (Lipinski definition) is 5. The summed E-state index contributed by atoms with van der Waals surface area (Å²) in [6, 6.07) is 0.982. The second-order valence-corrected chi connectivity index (χ2v) is 3.01. The van der Waals surface area contributed by atoms with Gasteiger partial charge in [-0.15, -0.1) is 0 Å². The number of nitrogens with one attached hydrogen (secondary N) is 1. The summed E-state index contributed by atoms with van der Waals surface area (Å²) < 4.78 is -0.355. The van der Waals surface area contributed by atoms with Gasteiger partial charge in [0.1, 0.15) is 0 Å². The first-order chi connectivity index (χ1) is 5.58. The van der Waals surface area contributed by atoms with Crippen LogP contribution in [-0.4, -0.2) is 16.0 Å². The fourth-order valence-electron chi connectivity index (χ4n) is 0.593. The monoisotopic (exact) mass is 186 g/mol. The fourth-order valence-corrected chi connectivity index (χ4v) is 1.28. The number of carbonyl (C=O) groups excluding carboxylic acids is 1. The number of aromatic hydroxyl groups is 1. The van der Waals surface area contributed by atoms with E-state index in [2.05, 4.69) is 10.3 Å². The predicted octanol–water partition coefficient (Wildman–Crippen LogP) is 0.167. The highest BCUT2D eigenvalue weighted by Gasteiger charge is 2.01. The van der Waals surface area contributed by atoms with Crippen LogP contribution in [0.4, 0.5) is 5.13 Å². The summed E-state index contributed by atoms with van der Waals surface area (Å²) in [5.74, 6) is -0.716. The molecule has 1 aromatic heterocycles. The second kappa shape index (κ2) is 3.31. The molecule has 1 amide bonds. The minimum atomic E-state index is -0.387. The zero-order valence-corrected chi connectivity index (χ0v) is 7.01. The third kappa shape index (κ3) is 2.31. The number of amides is 1. The van der Waals surface area contributed by atoms with E-state index in [0.717, 1.165) is 17.4 Å². The average molecular weight is 186 g/mol. The third-order valence-corrected chi connectivity index (χ3v) is 1.65. The van der Waals surface area contributed by atoms with Crippen LogP contribution in [0.25, 0.3) is 0 Å². The number of nitrogens with zero attached hydrogens (tertiary/aromatic N) is 1. The quantitative estimate of drug-likeness (QED) is 0.655. The Labute approximate surface area is 71.7 Å². The fraction of sp³-hybridized carbons (Fsp3) is 0.167. The molecule has 0 aliphatic rings. The number of anilines is 1. The predicted molar refractivity (Wildman–Crippen MR) is 44.4 cm³/mol. The highest BCUT2D eigenvalue weighted by Crippen LogP contribution is 2.10. The molecule has 0 atom stereocenters. The summed E-state index contributed by atoms with van der Waals surface area (Å²) >= 11 is 0.761. The molecule has 0 unspecified atom stereocenters. The SMILES string of the molecule is CC(=O)Nc1nc(O)cc(=O)s1. The first-order valence-electron chi connectivity index (χ1n) is 3.06. The normalized spacial score (nSPS) is 9.42. The van der Waals surface area contributed by atoms with Gasteiger partial charge in [0.25, 0.3) is 0 Å². The summed E-state index contributed by atoms with van der Waals surface area (Å²) in [6.07, 6.45) is 0. The van der Waals surface area contributed by atoms with Gasteiger partial charge in [0.15, 0.2) is 5.13 Å². The van der Waals surface area contributed by atoms with Gasteiger partial charge in [0, 0.05) is 6.92 Å². The lowest BCUT2D eigenvalue weighted by atomic mass is 10.7. The topological polar surface area (TPSA) is 79.3 Å². The van der Waals surface area contributed by atoms with Crippen molar-refractivity contribution in [3.63, 3.8) is 0 Å². The van der Waals surface area contributed by atoms with Crippen molar-refractivity contribution in [2.45, 2.75) is 6.92 Å². The molecule has 1 rings (SSSR count). The number of carbonyl (C=O) groups is 1. The molecular weight excluding hydrogens is 180 g/mol.